The van der Waals surface area contributed by atoms with Gasteiger partial charge in [0.25, 0.3) is 0 Å². The molecule has 0 amide bonds. The van der Waals surface area contributed by atoms with Crippen LogP contribution < -0.4 is 4.74 Å². The van der Waals surface area contributed by atoms with Crippen LogP contribution in [-0.4, -0.2) is 18.8 Å². The Morgan fingerprint density at radius 3 is 2.62 bits per heavy atom. The molecule has 1 atom stereocenters. The van der Waals surface area contributed by atoms with Crippen molar-refractivity contribution in [2.24, 2.45) is 5.41 Å². The molecule has 0 aliphatic heterocycles. The number of methoxy groups -OCH3 is 1. The molecule has 0 saturated carbocycles. The summed E-state index contributed by atoms with van der Waals surface area (Å²) >= 11 is 5.97. The summed E-state index contributed by atoms with van der Waals surface area (Å²) in [6, 6.07) is 5.58. The standard InChI is InChI=1S/C13H19ClO2/c1-4-13(2,9-15)8-10-7-11(14)5-6-12(10)16-3/h5-7,15H,4,8-9H2,1-3H3. The second-order valence-electron chi connectivity index (χ2n) is 4.46. The Morgan fingerprint density at radius 2 is 2.12 bits per heavy atom. The molecule has 0 bridgehead atoms. The molecule has 0 spiro atoms. The van der Waals surface area contributed by atoms with E-state index in [9.17, 15) is 5.11 Å². The van der Waals surface area contributed by atoms with E-state index in [0.717, 1.165) is 24.2 Å². The number of ether oxygens (including phenoxy) is 1. The highest BCUT2D eigenvalue weighted by Gasteiger charge is 2.23. The van der Waals surface area contributed by atoms with Crippen molar-refractivity contribution < 1.29 is 9.84 Å². The van der Waals surface area contributed by atoms with Gasteiger partial charge in [0.05, 0.1) is 7.11 Å². The quantitative estimate of drug-likeness (QED) is 0.859. The van der Waals surface area contributed by atoms with Crippen molar-refractivity contribution in [1.29, 1.82) is 0 Å². The number of hydrogen-bond acceptors (Lipinski definition) is 2. The average molecular weight is 243 g/mol. The number of aliphatic hydroxyl groups excluding tert-OH is 1. The Hall–Kier alpha value is -0.730. The lowest BCUT2D eigenvalue weighted by Crippen LogP contribution is -2.23. The van der Waals surface area contributed by atoms with Gasteiger partial charge in [0, 0.05) is 11.6 Å². The monoisotopic (exact) mass is 242 g/mol. The van der Waals surface area contributed by atoms with Gasteiger partial charge in [0.2, 0.25) is 0 Å². The summed E-state index contributed by atoms with van der Waals surface area (Å²) < 4.78 is 5.29. The Balaban J connectivity index is 2.98. The zero-order valence-corrected chi connectivity index (χ0v) is 10.8. The molecule has 2 nitrogen and oxygen atoms in total. The SMILES string of the molecule is CCC(C)(CO)Cc1cc(Cl)ccc1OC. The van der Waals surface area contributed by atoms with Crippen molar-refractivity contribution in [3.63, 3.8) is 0 Å². The van der Waals surface area contributed by atoms with Crippen LogP contribution in [0.25, 0.3) is 0 Å². The zero-order chi connectivity index (χ0) is 12.2. The number of hydrogen-bond donors (Lipinski definition) is 1. The van der Waals surface area contributed by atoms with Gasteiger partial charge in [-0.15, -0.1) is 0 Å². The first kappa shape index (κ1) is 13.3. The maximum atomic E-state index is 9.41. The molecule has 90 valence electrons. The molecule has 1 unspecified atom stereocenters. The smallest absolute Gasteiger partial charge is 0.122 e. The van der Waals surface area contributed by atoms with Gasteiger partial charge in [-0.2, -0.15) is 0 Å². The van der Waals surface area contributed by atoms with Crippen molar-refractivity contribution in [3.05, 3.63) is 28.8 Å². The molecule has 0 fully saturated rings. The largest absolute Gasteiger partial charge is 0.496 e. The van der Waals surface area contributed by atoms with E-state index < -0.39 is 0 Å². The van der Waals surface area contributed by atoms with E-state index in [4.69, 9.17) is 16.3 Å². The zero-order valence-electron chi connectivity index (χ0n) is 10.1. The van der Waals surface area contributed by atoms with E-state index in [1.54, 1.807) is 7.11 Å². The first-order chi connectivity index (χ1) is 7.54. The van der Waals surface area contributed by atoms with E-state index in [2.05, 4.69) is 13.8 Å². The topological polar surface area (TPSA) is 29.5 Å². The van der Waals surface area contributed by atoms with Crippen molar-refractivity contribution in [3.8, 4) is 5.75 Å². The predicted octanol–water partition coefficient (Wildman–Crippen LogP) is 3.30. The third-order valence-corrected chi connectivity index (χ3v) is 3.33. The lowest BCUT2D eigenvalue weighted by atomic mass is 9.82. The van der Waals surface area contributed by atoms with Crippen molar-refractivity contribution in [1.82, 2.24) is 0 Å². The molecular weight excluding hydrogens is 224 g/mol. The number of benzene rings is 1. The number of aliphatic hydroxyl groups is 1. The van der Waals surface area contributed by atoms with E-state index in [1.165, 1.54) is 0 Å². The molecule has 3 heteroatoms. The highest BCUT2D eigenvalue weighted by atomic mass is 35.5. The van der Waals surface area contributed by atoms with Gasteiger partial charge in [-0.3, -0.25) is 0 Å². The van der Waals surface area contributed by atoms with Gasteiger partial charge in [-0.1, -0.05) is 25.4 Å². The van der Waals surface area contributed by atoms with Gasteiger partial charge in [0.15, 0.2) is 0 Å². The Kier molecular flexibility index (Phi) is 4.63. The molecule has 0 aliphatic rings. The van der Waals surface area contributed by atoms with Crippen LogP contribution in [0.3, 0.4) is 0 Å². The molecule has 1 N–H and O–H groups in total. The maximum absolute atomic E-state index is 9.41. The molecule has 1 aromatic rings. The van der Waals surface area contributed by atoms with Gasteiger partial charge < -0.3 is 9.84 Å². The van der Waals surface area contributed by atoms with Gasteiger partial charge in [0.1, 0.15) is 5.75 Å². The van der Waals surface area contributed by atoms with E-state index in [1.807, 2.05) is 18.2 Å². The van der Waals surface area contributed by atoms with Crippen LogP contribution in [-0.2, 0) is 6.42 Å². The summed E-state index contributed by atoms with van der Waals surface area (Å²) in [5, 5.41) is 10.1. The fourth-order valence-electron chi connectivity index (χ4n) is 1.64. The summed E-state index contributed by atoms with van der Waals surface area (Å²) in [7, 11) is 1.65. The third-order valence-electron chi connectivity index (χ3n) is 3.09. The van der Waals surface area contributed by atoms with Crippen LogP contribution in [0.15, 0.2) is 18.2 Å². The van der Waals surface area contributed by atoms with Crippen LogP contribution >= 0.6 is 11.6 Å². The Labute approximate surface area is 102 Å². The van der Waals surface area contributed by atoms with Crippen molar-refractivity contribution in [2.75, 3.05) is 13.7 Å². The normalized spacial score (nSPS) is 14.6. The van der Waals surface area contributed by atoms with E-state index >= 15 is 0 Å². The van der Waals surface area contributed by atoms with Gasteiger partial charge >= 0.3 is 0 Å². The fraction of sp³-hybridized carbons (Fsp3) is 0.538. The lowest BCUT2D eigenvalue weighted by Gasteiger charge is -2.26. The van der Waals surface area contributed by atoms with Crippen LogP contribution in [0, 0.1) is 5.41 Å². The molecule has 0 saturated heterocycles. The predicted molar refractivity (Wildman–Crippen MR) is 67.2 cm³/mol. The number of rotatable bonds is 5. The van der Waals surface area contributed by atoms with Gasteiger partial charge in [-0.25, -0.2) is 0 Å². The molecule has 0 aliphatic carbocycles. The maximum Gasteiger partial charge on any atom is 0.122 e. The summed E-state index contributed by atoms with van der Waals surface area (Å²) in [5.41, 5.74) is 0.936. The van der Waals surface area contributed by atoms with Gasteiger partial charge in [-0.05, 0) is 42.0 Å². The van der Waals surface area contributed by atoms with Crippen molar-refractivity contribution >= 4 is 11.6 Å². The first-order valence-corrected chi connectivity index (χ1v) is 5.85. The average Bonchev–Trinajstić information content (AvgIpc) is 2.29. The van der Waals surface area contributed by atoms with Crippen LogP contribution in [0.4, 0.5) is 0 Å². The molecule has 0 aromatic heterocycles. The van der Waals surface area contributed by atoms with Crippen LogP contribution in [0.2, 0.25) is 5.02 Å². The molecule has 1 rings (SSSR count). The minimum absolute atomic E-state index is 0.113. The summed E-state index contributed by atoms with van der Waals surface area (Å²) in [4.78, 5) is 0. The molecule has 0 radical (unpaired) electrons. The Morgan fingerprint density at radius 1 is 1.44 bits per heavy atom. The molecule has 0 heterocycles. The van der Waals surface area contributed by atoms with Crippen molar-refractivity contribution in [2.45, 2.75) is 26.7 Å². The molecule has 1 aromatic carbocycles. The second kappa shape index (κ2) is 5.55. The number of halogens is 1. The third kappa shape index (κ3) is 3.13. The molecular formula is C13H19ClO2. The van der Waals surface area contributed by atoms with Crippen LogP contribution in [0.1, 0.15) is 25.8 Å². The summed E-state index contributed by atoms with van der Waals surface area (Å²) in [6.45, 7) is 4.31. The fourth-order valence-corrected chi connectivity index (χ4v) is 1.83. The Bertz CT molecular complexity index is 346. The summed E-state index contributed by atoms with van der Waals surface area (Å²) in [6.07, 6.45) is 1.68. The van der Waals surface area contributed by atoms with E-state index in [-0.39, 0.29) is 12.0 Å². The van der Waals surface area contributed by atoms with Crippen LogP contribution in [0.5, 0.6) is 5.75 Å². The summed E-state index contributed by atoms with van der Waals surface area (Å²) in [5.74, 6) is 0.831. The highest BCUT2D eigenvalue weighted by Crippen LogP contribution is 2.31. The molecule has 16 heavy (non-hydrogen) atoms. The highest BCUT2D eigenvalue weighted by molar-refractivity contribution is 6.30. The minimum Gasteiger partial charge on any atom is -0.496 e. The van der Waals surface area contributed by atoms with E-state index in [0.29, 0.717) is 5.02 Å². The first-order valence-electron chi connectivity index (χ1n) is 5.48. The second-order valence-corrected chi connectivity index (χ2v) is 4.89. The lowest BCUT2D eigenvalue weighted by molar-refractivity contribution is 0.137. The minimum atomic E-state index is -0.113.